The van der Waals surface area contributed by atoms with E-state index in [1.54, 1.807) is 11.3 Å². The highest BCUT2D eigenvalue weighted by molar-refractivity contribution is 9.10. The Labute approximate surface area is 101 Å². The summed E-state index contributed by atoms with van der Waals surface area (Å²) in [7, 11) is 0. The van der Waals surface area contributed by atoms with Crippen molar-refractivity contribution in [1.82, 2.24) is 4.98 Å². The van der Waals surface area contributed by atoms with Crippen LogP contribution in [-0.2, 0) is 6.54 Å². The number of hydrogen-bond donors (Lipinski definition) is 1. The molecule has 0 saturated heterocycles. The lowest BCUT2D eigenvalue weighted by molar-refractivity contribution is 1.10. The Hall–Kier alpha value is -0.870. The summed E-state index contributed by atoms with van der Waals surface area (Å²) in [6.07, 6.45) is 1.83. The number of benzene rings is 1. The van der Waals surface area contributed by atoms with Gasteiger partial charge in [0.1, 0.15) is 5.01 Å². The van der Waals surface area contributed by atoms with Crippen molar-refractivity contribution in [2.24, 2.45) is 0 Å². The Morgan fingerprint density at radius 2 is 2.33 bits per heavy atom. The van der Waals surface area contributed by atoms with E-state index < -0.39 is 0 Å². The third-order valence-corrected chi connectivity index (χ3v) is 3.73. The van der Waals surface area contributed by atoms with Gasteiger partial charge in [-0.05, 0) is 24.6 Å². The van der Waals surface area contributed by atoms with E-state index in [9.17, 15) is 0 Å². The second-order valence-corrected chi connectivity index (χ2v) is 5.08. The van der Waals surface area contributed by atoms with Crippen LogP contribution in [-0.4, -0.2) is 4.98 Å². The van der Waals surface area contributed by atoms with Crippen molar-refractivity contribution >= 4 is 33.0 Å². The molecule has 1 N–H and O–H groups in total. The van der Waals surface area contributed by atoms with Crippen LogP contribution in [0, 0.1) is 6.92 Å². The summed E-state index contributed by atoms with van der Waals surface area (Å²) in [5.41, 5.74) is 2.36. The van der Waals surface area contributed by atoms with Gasteiger partial charge < -0.3 is 5.32 Å². The summed E-state index contributed by atoms with van der Waals surface area (Å²) in [5.74, 6) is 0. The van der Waals surface area contributed by atoms with Gasteiger partial charge in [-0.15, -0.1) is 11.3 Å². The fourth-order valence-electron chi connectivity index (χ4n) is 1.22. The molecule has 2 nitrogen and oxygen atoms in total. The van der Waals surface area contributed by atoms with Gasteiger partial charge >= 0.3 is 0 Å². The molecule has 0 saturated carbocycles. The predicted octanol–water partition coefficient (Wildman–Crippen LogP) is 3.83. The highest BCUT2D eigenvalue weighted by atomic mass is 79.9. The molecule has 1 aromatic carbocycles. The molecule has 15 heavy (non-hydrogen) atoms. The lowest BCUT2D eigenvalue weighted by Crippen LogP contribution is -1.98. The van der Waals surface area contributed by atoms with Crippen LogP contribution in [0.4, 0.5) is 5.69 Å². The maximum Gasteiger partial charge on any atom is 0.112 e. The van der Waals surface area contributed by atoms with E-state index >= 15 is 0 Å². The van der Waals surface area contributed by atoms with Crippen LogP contribution >= 0.6 is 27.3 Å². The molecule has 0 bridgehead atoms. The molecule has 0 fully saturated rings. The smallest absolute Gasteiger partial charge is 0.112 e. The summed E-state index contributed by atoms with van der Waals surface area (Å²) < 4.78 is 1.13. The molecular weight excluding hydrogens is 272 g/mol. The Morgan fingerprint density at radius 1 is 1.47 bits per heavy atom. The quantitative estimate of drug-likeness (QED) is 0.926. The fourth-order valence-corrected chi connectivity index (χ4v) is 2.16. The number of aryl methyl sites for hydroxylation is 1. The molecule has 0 atom stereocenters. The summed E-state index contributed by atoms with van der Waals surface area (Å²) in [5, 5.41) is 6.42. The second-order valence-electron chi connectivity index (χ2n) is 3.24. The molecule has 0 aliphatic carbocycles. The molecule has 1 heterocycles. The second kappa shape index (κ2) is 4.77. The number of hydrogen-bond acceptors (Lipinski definition) is 3. The maximum absolute atomic E-state index is 4.22. The molecule has 0 radical (unpaired) electrons. The van der Waals surface area contributed by atoms with Crippen LogP contribution in [0.25, 0.3) is 0 Å². The summed E-state index contributed by atoms with van der Waals surface area (Å²) in [6.45, 7) is 2.86. The highest BCUT2D eigenvalue weighted by Gasteiger charge is 1.98. The first-order chi connectivity index (χ1) is 7.25. The van der Waals surface area contributed by atoms with E-state index in [1.165, 1.54) is 5.56 Å². The van der Waals surface area contributed by atoms with E-state index in [1.807, 2.05) is 11.6 Å². The van der Waals surface area contributed by atoms with Gasteiger partial charge in [-0.25, -0.2) is 4.98 Å². The van der Waals surface area contributed by atoms with Crippen molar-refractivity contribution in [1.29, 1.82) is 0 Å². The van der Waals surface area contributed by atoms with Crippen molar-refractivity contribution in [3.8, 4) is 0 Å². The molecular formula is C11H11BrN2S. The molecule has 0 unspecified atom stereocenters. The number of thiazole rings is 1. The minimum absolute atomic E-state index is 0.785. The first-order valence-corrected chi connectivity index (χ1v) is 6.31. The summed E-state index contributed by atoms with van der Waals surface area (Å²) in [6, 6.07) is 6.25. The number of anilines is 1. The van der Waals surface area contributed by atoms with Crippen molar-refractivity contribution in [2.75, 3.05) is 5.32 Å². The van der Waals surface area contributed by atoms with Crippen molar-refractivity contribution in [2.45, 2.75) is 13.5 Å². The minimum atomic E-state index is 0.785. The van der Waals surface area contributed by atoms with Gasteiger partial charge in [-0.3, -0.25) is 0 Å². The topological polar surface area (TPSA) is 24.9 Å². The third kappa shape index (κ3) is 2.79. The fraction of sp³-hybridized carbons (Fsp3) is 0.182. The van der Waals surface area contributed by atoms with Crippen molar-refractivity contribution in [3.63, 3.8) is 0 Å². The summed E-state index contributed by atoms with van der Waals surface area (Å²) >= 11 is 5.18. The molecule has 0 aliphatic heterocycles. The number of aromatic nitrogens is 1. The van der Waals surface area contributed by atoms with Crippen LogP contribution < -0.4 is 5.32 Å². The molecule has 0 aliphatic rings. The minimum Gasteiger partial charge on any atom is -0.378 e. The van der Waals surface area contributed by atoms with Gasteiger partial charge in [-0.2, -0.15) is 0 Å². The van der Waals surface area contributed by atoms with E-state index in [2.05, 4.69) is 51.4 Å². The third-order valence-electron chi connectivity index (χ3n) is 2.10. The van der Waals surface area contributed by atoms with Gasteiger partial charge in [-0.1, -0.05) is 22.0 Å². The Balaban J connectivity index is 2.02. The van der Waals surface area contributed by atoms with E-state index in [0.29, 0.717) is 0 Å². The zero-order valence-electron chi connectivity index (χ0n) is 8.33. The normalized spacial score (nSPS) is 10.3. The predicted molar refractivity (Wildman–Crippen MR) is 68.3 cm³/mol. The van der Waals surface area contributed by atoms with Gasteiger partial charge in [0.05, 0.1) is 6.54 Å². The SMILES string of the molecule is Cc1ccc(NCc2nccs2)cc1Br. The van der Waals surface area contributed by atoms with Crippen LogP contribution in [0.5, 0.6) is 0 Å². The maximum atomic E-state index is 4.22. The zero-order valence-corrected chi connectivity index (χ0v) is 10.7. The van der Waals surface area contributed by atoms with E-state index in [-0.39, 0.29) is 0 Å². The lowest BCUT2D eigenvalue weighted by atomic mass is 10.2. The summed E-state index contributed by atoms with van der Waals surface area (Å²) in [4.78, 5) is 4.22. The van der Waals surface area contributed by atoms with Gasteiger partial charge in [0.25, 0.3) is 0 Å². The molecule has 1 aromatic heterocycles. The largest absolute Gasteiger partial charge is 0.378 e. The average Bonchev–Trinajstić information content (AvgIpc) is 2.73. The van der Waals surface area contributed by atoms with Gasteiger partial charge in [0.2, 0.25) is 0 Å². The lowest BCUT2D eigenvalue weighted by Gasteiger charge is -2.06. The Morgan fingerprint density at radius 3 is 3.00 bits per heavy atom. The van der Waals surface area contributed by atoms with Crippen LogP contribution in [0.3, 0.4) is 0 Å². The molecule has 0 spiro atoms. The molecule has 4 heteroatoms. The van der Waals surface area contributed by atoms with Crippen LogP contribution in [0.15, 0.2) is 34.2 Å². The number of nitrogens with one attached hydrogen (secondary N) is 1. The number of rotatable bonds is 3. The highest BCUT2D eigenvalue weighted by Crippen LogP contribution is 2.21. The number of halogens is 1. The Bertz CT molecular complexity index is 440. The van der Waals surface area contributed by atoms with Crippen LogP contribution in [0.2, 0.25) is 0 Å². The van der Waals surface area contributed by atoms with Crippen LogP contribution in [0.1, 0.15) is 10.6 Å². The van der Waals surface area contributed by atoms with E-state index in [0.717, 1.165) is 21.7 Å². The standard InChI is InChI=1S/C11H11BrN2S/c1-8-2-3-9(6-10(8)12)14-7-11-13-4-5-15-11/h2-6,14H,7H2,1H3. The van der Waals surface area contributed by atoms with Gasteiger partial charge in [0.15, 0.2) is 0 Å². The first-order valence-electron chi connectivity index (χ1n) is 4.64. The number of nitrogens with zero attached hydrogens (tertiary/aromatic N) is 1. The zero-order chi connectivity index (χ0) is 10.7. The van der Waals surface area contributed by atoms with Crippen molar-refractivity contribution < 1.29 is 0 Å². The molecule has 2 rings (SSSR count). The average molecular weight is 283 g/mol. The van der Waals surface area contributed by atoms with Crippen molar-refractivity contribution in [3.05, 3.63) is 44.8 Å². The molecule has 0 amide bonds. The molecule has 78 valence electrons. The van der Waals surface area contributed by atoms with Gasteiger partial charge in [0, 0.05) is 21.7 Å². The van der Waals surface area contributed by atoms with E-state index in [4.69, 9.17) is 0 Å². The first kappa shape index (κ1) is 10.6. The molecule has 2 aromatic rings. The Kier molecular flexibility index (Phi) is 3.38. The monoisotopic (exact) mass is 282 g/mol.